The molecule has 16 nitrogen and oxygen atoms in total. The number of hydrogen-bond donors (Lipinski definition) is 7. The van der Waals surface area contributed by atoms with Crippen LogP contribution < -0.4 is 21.4 Å². The van der Waals surface area contributed by atoms with E-state index in [0.29, 0.717) is 17.0 Å². The smallest absolute Gasteiger partial charge is 0.408 e. The van der Waals surface area contributed by atoms with Crippen molar-refractivity contribution in [3.63, 3.8) is 0 Å². The van der Waals surface area contributed by atoms with E-state index in [4.69, 9.17) is 9.84 Å². The molecule has 0 aromatic heterocycles. The van der Waals surface area contributed by atoms with Gasteiger partial charge >= 0.3 is 18.0 Å². The number of rotatable bonds is 18. The minimum atomic E-state index is -1.86. The summed E-state index contributed by atoms with van der Waals surface area (Å²) in [5, 5.41) is 36.3. The van der Waals surface area contributed by atoms with Crippen LogP contribution in [0.15, 0.2) is 60.7 Å². The van der Waals surface area contributed by atoms with Crippen molar-refractivity contribution in [3.8, 4) is 0 Å². The number of nitrogens with one attached hydrogen (secondary N) is 4. The fraction of sp³-hybridized carbons (Fsp3) is 0.406. The van der Waals surface area contributed by atoms with E-state index in [-0.39, 0.29) is 19.6 Å². The third kappa shape index (κ3) is 14.3. The SMILES string of the molecule is CC(C)[C@H](NC(=O)[C@H](CCC(=O)O)NC(=O)OCc1ccccc1)C(=O)NN(CC(=O)O)C(=O)C[C@H](O)C(=O)NCCc1ccccc1. The van der Waals surface area contributed by atoms with Gasteiger partial charge in [-0.1, -0.05) is 74.5 Å². The molecule has 0 radical (unpaired) electrons. The van der Waals surface area contributed by atoms with Gasteiger partial charge in [0.1, 0.15) is 31.3 Å². The van der Waals surface area contributed by atoms with Crippen molar-refractivity contribution in [1.82, 2.24) is 26.4 Å². The Morgan fingerprint density at radius 3 is 1.96 bits per heavy atom. The highest BCUT2D eigenvalue weighted by molar-refractivity contribution is 5.94. The first-order chi connectivity index (χ1) is 22.8. The summed E-state index contributed by atoms with van der Waals surface area (Å²) in [4.78, 5) is 86.7. The maximum Gasteiger partial charge on any atom is 0.408 e. The van der Waals surface area contributed by atoms with E-state index in [9.17, 15) is 43.8 Å². The van der Waals surface area contributed by atoms with Crippen molar-refractivity contribution >= 4 is 41.7 Å². The highest BCUT2D eigenvalue weighted by Crippen LogP contribution is 2.08. The van der Waals surface area contributed by atoms with Crippen molar-refractivity contribution in [2.75, 3.05) is 13.1 Å². The Labute approximate surface area is 276 Å². The van der Waals surface area contributed by atoms with Gasteiger partial charge in [-0.25, -0.2) is 9.80 Å². The summed E-state index contributed by atoms with van der Waals surface area (Å²) in [5.74, 6) is -7.38. The molecular weight excluding hydrogens is 630 g/mol. The van der Waals surface area contributed by atoms with E-state index >= 15 is 0 Å². The van der Waals surface area contributed by atoms with Crippen LogP contribution in [0.3, 0.4) is 0 Å². The molecule has 0 aliphatic heterocycles. The van der Waals surface area contributed by atoms with E-state index in [1.54, 1.807) is 30.3 Å². The van der Waals surface area contributed by atoms with Crippen LogP contribution in [-0.2, 0) is 46.5 Å². The molecule has 2 aromatic rings. The molecule has 0 saturated carbocycles. The van der Waals surface area contributed by atoms with Gasteiger partial charge in [0.25, 0.3) is 5.91 Å². The first-order valence-corrected chi connectivity index (χ1v) is 15.1. The Morgan fingerprint density at radius 1 is 0.792 bits per heavy atom. The molecule has 2 rings (SSSR count). The predicted molar refractivity (Wildman–Crippen MR) is 168 cm³/mol. The van der Waals surface area contributed by atoms with Crippen molar-refractivity contribution in [1.29, 1.82) is 0 Å². The van der Waals surface area contributed by atoms with Gasteiger partial charge in [-0.05, 0) is 29.9 Å². The summed E-state index contributed by atoms with van der Waals surface area (Å²) >= 11 is 0. The molecule has 5 amide bonds. The lowest BCUT2D eigenvalue weighted by Gasteiger charge is -2.28. The number of nitrogens with zero attached hydrogens (tertiary/aromatic N) is 1. The first-order valence-electron chi connectivity index (χ1n) is 15.1. The summed E-state index contributed by atoms with van der Waals surface area (Å²) < 4.78 is 5.12. The van der Waals surface area contributed by atoms with E-state index < -0.39 is 85.2 Å². The molecule has 0 unspecified atom stereocenters. The highest BCUT2D eigenvalue weighted by atomic mass is 16.5. The molecule has 7 N–H and O–H groups in total. The number of carboxylic acid groups (broad SMARTS) is 2. The molecule has 0 saturated heterocycles. The summed E-state index contributed by atoms with van der Waals surface area (Å²) in [6.07, 6.45) is -4.16. The molecule has 0 aliphatic rings. The number of carbonyl (C=O) groups excluding carboxylic acids is 5. The van der Waals surface area contributed by atoms with Crippen molar-refractivity contribution in [2.45, 2.75) is 64.3 Å². The van der Waals surface area contributed by atoms with Crippen molar-refractivity contribution in [3.05, 3.63) is 71.8 Å². The highest BCUT2D eigenvalue weighted by Gasteiger charge is 2.32. The number of alkyl carbamates (subject to hydrolysis) is 1. The number of aliphatic carboxylic acids is 2. The zero-order valence-electron chi connectivity index (χ0n) is 26.6. The lowest BCUT2D eigenvalue weighted by molar-refractivity contribution is -0.152. The lowest BCUT2D eigenvalue weighted by Crippen LogP contribution is -2.59. The lowest BCUT2D eigenvalue weighted by atomic mass is 10.0. The fourth-order valence-electron chi connectivity index (χ4n) is 4.22. The summed E-state index contributed by atoms with van der Waals surface area (Å²) in [7, 11) is 0. The average molecular weight is 672 g/mol. The number of hydrazine groups is 1. The van der Waals surface area contributed by atoms with E-state index in [1.807, 2.05) is 30.3 Å². The maximum absolute atomic E-state index is 13.2. The Balaban J connectivity index is 2.04. The fourth-order valence-corrected chi connectivity index (χ4v) is 4.22. The average Bonchev–Trinajstić information content (AvgIpc) is 3.04. The van der Waals surface area contributed by atoms with Crippen LogP contribution in [0.5, 0.6) is 0 Å². The van der Waals surface area contributed by atoms with Crippen LogP contribution in [0.2, 0.25) is 0 Å². The van der Waals surface area contributed by atoms with Gasteiger partial charge in [-0.15, -0.1) is 0 Å². The second-order valence-corrected chi connectivity index (χ2v) is 11.0. The molecule has 0 fully saturated rings. The van der Waals surface area contributed by atoms with Crippen molar-refractivity contribution in [2.24, 2.45) is 5.92 Å². The van der Waals surface area contributed by atoms with Gasteiger partial charge in [0.05, 0.1) is 6.42 Å². The molecule has 0 aliphatic carbocycles. The molecule has 260 valence electrons. The van der Waals surface area contributed by atoms with Gasteiger partial charge in [0.2, 0.25) is 17.7 Å². The summed E-state index contributed by atoms with van der Waals surface area (Å²) in [6.45, 7) is 2.05. The topological polar surface area (TPSA) is 241 Å². The molecule has 2 aromatic carbocycles. The number of carboxylic acids is 2. The Morgan fingerprint density at radius 2 is 1.40 bits per heavy atom. The van der Waals surface area contributed by atoms with E-state index in [2.05, 4.69) is 21.4 Å². The molecular formula is C32H41N5O11. The van der Waals surface area contributed by atoms with Crippen LogP contribution in [0.4, 0.5) is 4.79 Å². The second kappa shape index (κ2) is 19.9. The minimum absolute atomic E-state index is 0.131. The number of carbonyl (C=O) groups is 7. The summed E-state index contributed by atoms with van der Waals surface area (Å²) in [6, 6.07) is 15.0. The number of benzene rings is 2. The van der Waals surface area contributed by atoms with Crippen molar-refractivity contribution < 1.29 is 53.6 Å². The van der Waals surface area contributed by atoms with Gasteiger partial charge in [0.15, 0.2) is 0 Å². The predicted octanol–water partition coefficient (Wildman–Crippen LogP) is 0.341. The quantitative estimate of drug-likeness (QED) is 0.107. The number of amides is 5. The Kier molecular flexibility index (Phi) is 16.0. The molecule has 0 bridgehead atoms. The number of aliphatic hydroxyl groups is 1. The third-order valence-electron chi connectivity index (χ3n) is 6.78. The number of hydrogen-bond acceptors (Lipinski definition) is 9. The molecule has 0 heterocycles. The zero-order valence-corrected chi connectivity index (χ0v) is 26.6. The number of ether oxygens (including phenoxy) is 1. The minimum Gasteiger partial charge on any atom is -0.481 e. The van der Waals surface area contributed by atoms with Gasteiger partial charge in [-0.2, -0.15) is 0 Å². The molecule has 48 heavy (non-hydrogen) atoms. The van der Waals surface area contributed by atoms with Crippen LogP contribution in [-0.4, -0.2) is 93.3 Å². The van der Waals surface area contributed by atoms with Gasteiger partial charge in [-0.3, -0.25) is 34.2 Å². The van der Waals surface area contributed by atoms with Crippen LogP contribution in [0.25, 0.3) is 0 Å². The van der Waals surface area contributed by atoms with E-state index in [1.165, 1.54) is 13.8 Å². The van der Waals surface area contributed by atoms with Crippen LogP contribution in [0.1, 0.15) is 44.2 Å². The van der Waals surface area contributed by atoms with Gasteiger partial charge < -0.3 is 36.0 Å². The standard InChI is InChI=1S/C32H41N5O11/c1-20(2)28(35-29(44)23(13-14-26(40)41)34-32(47)48-19-22-11-7-4-8-12-22)31(46)36-37(18-27(42)43)25(39)17-24(38)30(45)33-16-15-21-9-5-3-6-10-21/h3-12,20,23-24,28,38H,13-19H2,1-2H3,(H,33,45)(H,34,47)(H,35,44)(H,36,46)(H,40,41)(H,42,43)/t23-,24-,28-/m0/s1. The zero-order chi connectivity index (χ0) is 35.6. The van der Waals surface area contributed by atoms with Gasteiger partial charge in [0, 0.05) is 13.0 Å². The largest absolute Gasteiger partial charge is 0.481 e. The monoisotopic (exact) mass is 671 g/mol. The third-order valence-corrected chi connectivity index (χ3v) is 6.78. The first kappa shape index (κ1) is 38.7. The summed E-state index contributed by atoms with van der Waals surface area (Å²) in [5.41, 5.74) is 3.70. The van der Waals surface area contributed by atoms with E-state index in [0.717, 1.165) is 5.56 Å². The normalized spacial score (nSPS) is 12.5. The molecule has 0 spiro atoms. The molecule has 16 heteroatoms. The number of aliphatic hydroxyl groups excluding tert-OH is 1. The maximum atomic E-state index is 13.2. The van der Waals surface area contributed by atoms with Crippen LogP contribution in [0, 0.1) is 5.92 Å². The van der Waals surface area contributed by atoms with Crippen LogP contribution >= 0.6 is 0 Å². The molecule has 3 atom stereocenters. The Bertz CT molecular complexity index is 1410. The second-order valence-electron chi connectivity index (χ2n) is 11.0. The Hall–Kier alpha value is -5.51.